The van der Waals surface area contributed by atoms with E-state index in [1.807, 2.05) is 12.1 Å². The van der Waals surface area contributed by atoms with Gasteiger partial charge < -0.3 is 10.4 Å². The molecule has 0 radical (unpaired) electrons. The molecule has 6 heteroatoms. The van der Waals surface area contributed by atoms with Crippen LogP contribution in [0.4, 0.5) is 5.69 Å². The minimum absolute atomic E-state index is 0.0259. The number of aliphatic carboxylic acids is 1. The van der Waals surface area contributed by atoms with E-state index in [1.165, 1.54) is 0 Å². The average Bonchev–Trinajstić information content (AvgIpc) is 2.38. The molecular weight excluding hydrogens is 377 g/mol. The predicted molar refractivity (Wildman–Crippen MR) is 89.3 cm³/mol. The molecule has 2 N–H and O–H groups in total. The molecule has 0 aliphatic heterocycles. The van der Waals surface area contributed by atoms with Crippen LogP contribution in [0.25, 0.3) is 0 Å². The Morgan fingerprint density at radius 2 is 1.62 bits per heavy atom. The minimum atomic E-state index is -0.839. The van der Waals surface area contributed by atoms with E-state index in [2.05, 4.69) is 21.2 Å². The van der Waals surface area contributed by atoms with Crippen molar-refractivity contribution in [3.05, 3.63) is 62.0 Å². The first-order valence-corrected chi connectivity index (χ1v) is 7.68. The maximum atomic E-state index is 10.6. The van der Waals surface area contributed by atoms with Crippen LogP contribution in [-0.2, 0) is 17.8 Å². The summed E-state index contributed by atoms with van der Waals surface area (Å²) in [6, 6.07) is 10.9. The number of carbonyl (C=O) groups is 1. The highest BCUT2D eigenvalue weighted by atomic mass is 79.9. The Morgan fingerprint density at radius 1 is 1.10 bits per heavy atom. The lowest BCUT2D eigenvalue weighted by Gasteiger charge is -2.11. The van der Waals surface area contributed by atoms with Crippen LogP contribution in [0, 0.1) is 0 Å². The van der Waals surface area contributed by atoms with Crippen molar-refractivity contribution in [2.75, 3.05) is 5.32 Å². The van der Waals surface area contributed by atoms with Gasteiger partial charge in [-0.05, 0) is 23.3 Å². The molecule has 21 heavy (non-hydrogen) atoms. The molecule has 0 atom stereocenters. The summed E-state index contributed by atoms with van der Waals surface area (Å²) in [6.45, 7) is 0.550. The zero-order valence-corrected chi connectivity index (χ0v) is 14.0. The summed E-state index contributed by atoms with van der Waals surface area (Å²) in [6.07, 6.45) is 0.0259. The molecule has 0 aliphatic rings. The highest BCUT2D eigenvalue weighted by Gasteiger charge is 2.07. The lowest BCUT2D eigenvalue weighted by molar-refractivity contribution is -0.136. The Kier molecular flexibility index (Phi) is 5.51. The van der Waals surface area contributed by atoms with Crippen molar-refractivity contribution in [1.82, 2.24) is 0 Å². The van der Waals surface area contributed by atoms with Crippen LogP contribution in [-0.4, -0.2) is 11.1 Å². The molecule has 0 spiro atoms. The van der Waals surface area contributed by atoms with Crippen molar-refractivity contribution >= 4 is 50.8 Å². The summed E-state index contributed by atoms with van der Waals surface area (Å²) in [4.78, 5) is 10.6. The van der Waals surface area contributed by atoms with Gasteiger partial charge in [-0.1, -0.05) is 63.4 Å². The molecule has 0 unspecified atom stereocenters. The molecular formula is C15H12BrCl2NO2. The molecule has 0 amide bonds. The maximum Gasteiger partial charge on any atom is 0.307 e. The van der Waals surface area contributed by atoms with Crippen molar-refractivity contribution in [3.8, 4) is 0 Å². The Balaban J connectivity index is 2.05. The van der Waals surface area contributed by atoms with Gasteiger partial charge in [-0.2, -0.15) is 0 Å². The third-order valence-electron chi connectivity index (χ3n) is 2.85. The van der Waals surface area contributed by atoms with Gasteiger partial charge in [0.1, 0.15) is 0 Å². The zero-order valence-electron chi connectivity index (χ0n) is 10.9. The van der Waals surface area contributed by atoms with Crippen molar-refractivity contribution in [2.24, 2.45) is 0 Å². The maximum absolute atomic E-state index is 10.6. The van der Waals surface area contributed by atoms with Crippen molar-refractivity contribution in [2.45, 2.75) is 13.0 Å². The Bertz CT molecular complexity index is 636. The first-order valence-electron chi connectivity index (χ1n) is 6.13. The first-order chi connectivity index (χ1) is 9.95. The SMILES string of the molecule is O=C(O)Cc1ccc(CNc2c(Cl)cc(Br)cc2Cl)cc1. The van der Waals surface area contributed by atoms with Gasteiger partial charge >= 0.3 is 5.97 Å². The molecule has 110 valence electrons. The molecule has 0 aliphatic carbocycles. The van der Waals surface area contributed by atoms with Crippen LogP contribution in [0.2, 0.25) is 10.0 Å². The smallest absolute Gasteiger partial charge is 0.307 e. The molecule has 3 nitrogen and oxygen atoms in total. The van der Waals surface area contributed by atoms with Gasteiger partial charge in [-0.3, -0.25) is 4.79 Å². The summed E-state index contributed by atoms with van der Waals surface area (Å²) in [5, 5.41) is 13.0. The second-order valence-electron chi connectivity index (χ2n) is 4.49. The number of halogens is 3. The van der Waals surface area contributed by atoms with E-state index in [0.717, 1.165) is 15.6 Å². The standard InChI is InChI=1S/C15H12BrCl2NO2/c16-11-6-12(17)15(13(18)7-11)19-8-10-3-1-9(2-4-10)5-14(20)21/h1-4,6-7,19H,5,8H2,(H,20,21). The van der Waals surface area contributed by atoms with Crippen LogP contribution in [0.5, 0.6) is 0 Å². The third kappa shape index (κ3) is 4.63. The second-order valence-corrected chi connectivity index (χ2v) is 6.22. The number of hydrogen-bond acceptors (Lipinski definition) is 2. The zero-order chi connectivity index (χ0) is 15.4. The third-order valence-corrected chi connectivity index (χ3v) is 3.91. The summed E-state index contributed by atoms with van der Waals surface area (Å²) < 4.78 is 0.820. The number of benzene rings is 2. The van der Waals surface area contributed by atoms with Gasteiger partial charge in [0.05, 0.1) is 22.2 Å². The van der Waals surface area contributed by atoms with E-state index in [1.54, 1.807) is 24.3 Å². The quantitative estimate of drug-likeness (QED) is 0.757. The van der Waals surface area contributed by atoms with E-state index < -0.39 is 5.97 Å². The highest BCUT2D eigenvalue weighted by Crippen LogP contribution is 2.34. The number of hydrogen-bond donors (Lipinski definition) is 2. The number of carboxylic acid groups (broad SMARTS) is 1. The number of rotatable bonds is 5. The molecule has 0 bridgehead atoms. The van der Waals surface area contributed by atoms with Gasteiger partial charge in [-0.25, -0.2) is 0 Å². The van der Waals surface area contributed by atoms with Crippen LogP contribution in [0.1, 0.15) is 11.1 Å². The molecule has 2 aromatic rings. The molecule has 0 aromatic heterocycles. The molecule has 0 saturated heterocycles. The van der Waals surface area contributed by atoms with E-state index in [0.29, 0.717) is 22.3 Å². The Morgan fingerprint density at radius 3 is 2.14 bits per heavy atom. The topological polar surface area (TPSA) is 49.3 Å². The van der Waals surface area contributed by atoms with Crippen LogP contribution in [0.3, 0.4) is 0 Å². The molecule has 0 fully saturated rings. The molecule has 2 rings (SSSR count). The molecule has 0 heterocycles. The molecule has 0 saturated carbocycles. The first kappa shape index (κ1) is 16.1. The normalized spacial score (nSPS) is 10.4. The lowest BCUT2D eigenvalue weighted by Crippen LogP contribution is -2.02. The van der Waals surface area contributed by atoms with Gasteiger partial charge in [0.2, 0.25) is 0 Å². The lowest BCUT2D eigenvalue weighted by atomic mass is 10.1. The van der Waals surface area contributed by atoms with Gasteiger partial charge in [0.25, 0.3) is 0 Å². The summed E-state index contributed by atoms with van der Waals surface area (Å²) in [5.41, 5.74) is 2.46. The van der Waals surface area contributed by atoms with E-state index in [9.17, 15) is 4.79 Å². The number of anilines is 1. The van der Waals surface area contributed by atoms with Crippen LogP contribution in [0.15, 0.2) is 40.9 Å². The Labute approximate surface area is 141 Å². The Hall–Kier alpha value is -1.23. The van der Waals surface area contributed by atoms with E-state index in [-0.39, 0.29) is 6.42 Å². The van der Waals surface area contributed by atoms with Crippen LogP contribution < -0.4 is 5.32 Å². The van der Waals surface area contributed by atoms with Gasteiger partial charge in [-0.15, -0.1) is 0 Å². The average molecular weight is 389 g/mol. The fourth-order valence-electron chi connectivity index (χ4n) is 1.85. The van der Waals surface area contributed by atoms with Crippen LogP contribution >= 0.6 is 39.1 Å². The van der Waals surface area contributed by atoms with Gasteiger partial charge in [0.15, 0.2) is 0 Å². The van der Waals surface area contributed by atoms with E-state index >= 15 is 0 Å². The second kappa shape index (κ2) is 7.16. The van der Waals surface area contributed by atoms with E-state index in [4.69, 9.17) is 28.3 Å². The monoisotopic (exact) mass is 387 g/mol. The highest BCUT2D eigenvalue weighted by molar-refractivity contribution is 9.10. The van der Waals surface area contributed by atoms with Crippen molar-refractivity contribution in [3.63, 3.8) is 0 Å². The summed E-state index contributed by atoms with van der Waals surface area (Å²) in [5.74, 6) is -0.839. The fraction of sp³-hybridized carbons (Fsp3) is 0.133. The summed E-state index contributed by atoms with van der Waals surface area (Å²) in [7, 11) is 0. The summed E-state index contributed by atoms with van der Waals surface area (Å²) >= 11 is 15.6. The largest absolute Gasteiger partial charge is 0.481 e. The fourth-order valence-corrected chi connectivity index (χ4v) is 3.19. The van der Waals surface area contributed by atoms with Crippen molar-refractivity contribution in [1.29, 1.82) is 0 Å². The van der Waals surface area contributed by atoms with Gasteiger partial charge in [0, 0.05) is 11.0 Å². The number of carboxylic acids is 1. The van der Waals surface area contributed by atoms with Crippen molar-refractivity contribution < 1.29 is 9.90 Å². The predicted octanol–water partition coefficient (Wildman–Crippen LogP) is 5.00. The minimum Gasteiger partial charge on any atom is -0.481 e. The number of nitrogens with one attached hydrogen (secondary N) is 1. The molecule has 2 aromatic carbocycles.